The van der Waals surface area contributed by atoms with Crippen molar-refractivity contribution < 1.29 is 9.53 Å². The molecule has 2 aliphatic rings. The molecular weight excluding hydrogens is 204 g/mol. The fourth-order valence-electron chi connectivity index (χ4n) is 2.68. The van der Waals surface area contributed by atoms with Crippen molar-refractivity contribution in [3.63, 3.8) is 0 Å². The molecule has 0 bridgehead atoms. The Labute approximate surface area is 97.1 Å². The molecule has 0 spiro atoms. The molecule has 1 atom stereocenters. The van der Waals surface area contributed by atoms with Crippen molar-refractivity contribution in [1.82, 2.24) is 4.90 Å². The summed E-state index contributed by atoms with van der Waals surface area (Å²) < 4.78 is 5.34. The van der Waals surface area contributed by atoms with Gasteiger partial charge in [-0.05, 0) is 18.8 Å². The van der Waals surface area contributed by atoms with Gasteiger partial charge in [0.1, 0.15) is 6.61 Å². The lowest BCUT2D eigenvalue weighted by Crippen LogP contribution is -2.50. The standard InChI is InChI=1S/C12H22N2O2/c13-6-11-8-14(12(15)9-16-11)7-10-4-2-1-3-5-10/h10-11H,1-9,13H2. The van der Waals surface area contributed by atoms with E-state index in [-0.39, 0.29) is 18.6 Å². The van der Waals surface area contributed by atoms with Gasteiger partial charge in [-0.1, -0.05) is 19.3 Å². The molecule has 2 rings (SSSR count). The molecule has 1 unspecified atom stereocenters. The molecule has 4 heteroatoms. The summed E-state index contributed by atoms with van der Waals surface area (Å²) in [6.07, 6.45) is 6.60. The molecule has 1 aliphatic heterocycles. The van der Waals surface area contributed by atoms with E-state index in [1.54, 1.807) is 0 Å². The highest BCUT2D eigenvalue weighted by atomic mass is 16.5. The Morgan fingerprint density at radius 2 is 2.06 bits per heavy atom. The van der Waals surface area contributed by atoms with Crippen LogP contribution in [0.2, 0.25) is 0 Å². The molecule has 0 aromatic heterocycles. The molecule has 1 saturated heterocycles. The number of nitrogens with two attached hydrogens (primary N) is 1. The molecule has 1 amide bonds. The lowest BCUT2D eigenvalue weighted by atomic mass is 9.89. The minimum atomic E-state index is 0.0429. The van der Waals surface area contributed by atoms with Crippen molar-refractivity contribution in [3.05, 3.63) is 0 Å². The number of morpholine rings is 1. The Bertz CT molecular complexity index is 239. The Balaban J connectivity index is 1.83. The van der Waals surface area contributed by atoms with Crippen molar-refractivity contribution in [1.29, 1.82) is 0 Å². The van der Waals surface area contributed by atoms with Crippen molar-refractivity contribution in [2.45, 2.75) is 38.2 Å². The van der Waals surface area contributed by atoms with Crippen LogP contribution < -0.4 is 5.73 Å². The maximum absolute atomic E-state index is 11.7. The van der Waals surface area contributed by atoms with E-state index < -0.39 is 0 Å². The highest BCUT2D eigenvalue weighted by Gasteiger charge is 2.27. The predicted molar refractivity (Wildman–Crippen MR) is 61.9 cm³/mol. The molecule has 92 valence electrons. The molecule has 1 heterocycles. The minimum Gasteiger partial charge on any atom is -0.365 e. The smallest absolute Gasteiger partial charge is 0.248 e. The first-order valence-corrected chi connectivity index (χ1v) is 6.39. The number of hydrogen-bond donors (Lipinski definition) is 1. The number of rotatable bonds is 3. The van der Waals surface area contributed by atoms with Crippen LogP contribution in [0.25, 0.3) is 0 Å². The van der Waals surface area contributed by atoms with Gasteiger partial charge < -0.3 is 15.4 Å². The SMILES string of the molecule is NCC1CN(CC2CCCCC2)C(=O)CO1. The van der Waals surface area contributed by atoms with Crippen LogP contribution >= 0.6 is 0 Å². The maximum Gasteiger partial charge on any atom is 0.248 e. The van der Waals surface area contributed by atoms with Crippen LogP contribution in [0.1, 0.15) is 32.1 Å². The zero-order chi connectivity index (χ0) is 11.4. The number of nitrogens with zero attached hydrogens (tertiary/aromatic N) is 1. The van der Waals surface area contributed by atoms with Gasteiger partial charge in [0.05, 0.1) is 6.10 Å². The number of amides is 1. The Morgan fingerprint density at radius 1 is 1.31 bits per heavy atom. The minimum absolute atomic E-state index is 0.0429. The second-order valence-electron chi connectivity index (χ2n) is 4.97. The van der Waals surface area contributed by atoms with Crippen LogP contribution in [0.15, 0.2) is 0 Å². The third kappa shape index (κ3) is 2.95. The third-order valence-corrected chi connectivity index (χ3v) is 3.69. The van der Waals surface area contributed by atoms with Crippen LogP contribution in [-0.2, 0) is 9.53 Å². The fraction of sp³-hybridized carbons (Fsp3) is 0.917. The first-order valence-electron chi connectivity index (χ1n) is 6.39. The van der Waals surface area contributed by atoms with Gasteiger partial charge in [-0.25, -0.2) is 0 Å². The molecule has 2 fully saturated rings. The molecule has 0 radical (unpaired) electrons. The van der Waals surface area contributed by atoms with Gasteiger partial charge in [0.25, 0.3) is 0 Å². The van der Waals surface area contributed by atoms with Gasteiger partial charge >= 0.3 is 0 Å². The average molecular weight is 226 g/mol. The summed E-state index contributed by atoms with van der Waals surface area (Å²) in [6, 6.07) is 0. The molecule has 1 aliphatic carbocycles. The van der Waals surface area contributed by atoms with Gasteiger partial charge in [0.15, 0.2) is 0 Å². The molecule has 2 N–H and O–H groups in total. The Morgan fingerprint density at radius 3 is 2.75 bits per heavy atom. The van der Waals surface area contributed by atoms with Gasteiger partial charge in [-0.15, -0.1) is 0 Å². The first-order chi connectivity index (χ1) is 7.79. The second-order valence-corrected chi connectivity index (χ2v) is 4.97. The normalized spacial score (nSPS) is 28.4. The molecule has 0 aromatic rings. The van der Waals surface area contributed by atoms with E-state index in [0.29, 0.717) is 19.0 Å². The third-order valence-electron chi connectivity index (χ3n) is 3.69. The van der Waals surface area contributed by atoms with Crippen LogP contribution in [0.5, 0.6) is 0 Å². The van der Waals surface area contributed by atoms with Gasteiger partial charge in [0.2, 0.25) is 5.91 Å². The summed E-state index contributed by atoms with van der Waals surface area (Å²) >= 11 is 0. The highest BCUT2D eigenvalue weighted by Crippen LogP contribution is 2.25. The molecular formula is C12H22N2O2. The highest BCUT2D eigenvalue weighted by molar-refractivity contribution is 5.78. The number of hydrogen-bond acceptors (Lipinski definition) is 3. The monoisotopic (exact) mass is 226 g/mol. The first kappa shape index (κ1) is 11.9. The zero-order valence-electron chi connectivity index (χ0n) is 9.86. The number of carbonyl (C=O) groups excluding carboxylic acids is 1. The molecule has 0 aromatic carbocycles. The van der Waals surface area contributed by atoms with Crippen LogP contribution in [-0.4, -0.2) is 43.2 Å². The number of carbonyl (C=O) groups is 1. The average Bonchev–Trinajstić information content (AvgIpc) is 2.33. The van der Waals surface area contributed by atoms with E-state index in [1.807, 2.05) is 4.90 Å². The summed E-state index contributed by atoms with van der Waals surface area (Å²) in [6.45, 7) is 2.33. The van der Waals surface area contributed by atoms with Crippen LogP contribution in [0.4, 0.5) is 0 Å². The summed E-state index contributed by atoms with van der Waals surface area (Å²) in [5.41, 5.74) is 5.58. The van der Waals surface area contributed by atoms with Gasteiger partial charge in [-0.2, -0.15) is 0 Å². The second kappa shape index (κ2) is 5.64. The summed E-state index contributed by atoms with van der Waals surface area (Å²) in [5, 5.41) is 0. The van der Waals surface area contributed by atoms with E-state index in [0.717, 1.165) is 6.54 Å². The van der Waals surface area contributed by atoms with Crippen molar-refractivity contribution in [3.8, 4) is 0 Å². The molecule has 1 saturated carbocycles. The van der Waals surface area contributed by atoms with E-state index in [1.165, 1.54) is 32.1 Å². The predicted octanol–water partition coefficient (Wildman–Crippen LogP) is 0.753. The maximum atomic E-state index is 11.7. The lowest BCUT2D eigenvalue weighted by molar-refractivity contribution is -0.149. The molecule has 4 nitrogen and oxygen atoms in total. The fourth-order valence-corrected chi connectivity index (χ4v) is 2.68. The van der Waals surface area contributed by atoms with Crippen LogP contribution in [0, 0.1) is 5.92 Å². The lowest BCUT2D eigenvalue weighted by Gasteiger charge is -2.35. The van der Waals surface area contributed by atoms with E-state index in [4.69, 9.17) is 10.5 Å². The Kier molecular flexibility index (Phi) is 4.18. The van der Waals surface area contributed by atoms with Crippen molar-refractivity contribution >= 4 is 5.91 Å². The topological polar surface area (TPSA) is 55.6 Å². The Hall–Kier alpha value is -0.610. The summed E-state index contributed by atoms with van der Waals surface area (Å²) in [4.78, 5) is 13.6. The largest absolute Gasteiger partial charge is 0.365 e. The summed E-state index contributed by atoms with van der Waals surface area (Å²) in [7, 11) is 0. The molecule has 16 heavy (non-hydrogen) atoms. The summed E-state index contributed by atoms with van der Waals surface area (Å²) in [5.74, 6) is 0.837. The van der Waals surface area contributed by atoms with Gasteiger partial charge in [0, 0.05) is 19.6 Å². The van der Waals surface area contributed by atoms with E-state index in [2.05, 4.69) is 0 Å². The van der Waals surface area contributed by atoms with Crippen molar-refractivity contribution in [2.24, 2.45) is 11.7 Å². The van der Waals surface area contributed by atoms with E-state index >= 15 is 0 Å². The van der Waals surface area contributed by atoms with Crippen molar-refractivity contribution in [2.75, 3.05) is 26.2 Å². The quantitative estimate of drug-likeness (QED) is 0.772. The number of ether oxygens (including phenoxy) is 1. The van der Waals surface area contributed by atoms with Crippen LogP contribution in [0.3, 0.4) is 0 Å². The van der Waals surface area contributed by atoms with Gasteiger partial charge in [-0.3, -0.25) is 4.79 Å². The van der Waals surface area contributed by atoms with E-state index in [9.17, 15) is 4.79 Å². The zero-order valence-corrected chi connectivity index (χ0v) is 9.86.